The van der Waals surface area contributed by atoms with Crippen LogP contribution in [0.1, 0.15) is 45.0 Å². The van der Waals surface area contributed by atoms with Crippen LogP contribution in [0, 0.1) is 0 Å². The molecule has 0 bridgehead atoms. The van der Waals surface area contributed by atoms with Gasteiger partial charge in [-0.15, -0.1) is 0 Å². The van der Waals surface area contributed by atoms with E-state index in [4.69, 9.17) is 18.9 Å². The lowest BCUT2D eigenvalue weighted by atomic mass is 9.64. The number of rotatable bonds is 5. The number of benzene rings is 1. The maximum atomic E-state index is 11.3. The summed E-state index contributed by atoms with van der Waals surface area (Å²) >= 11 is 0. The monoisotopic (exact) mass is 400 g/mol. The van der Waals surface area contributed by atoms with Crippen LogP contribution in [-0.4, -0.2) is 69.3 Å². The number of aromatic carboxylic acids is 1. The molecular weight excluding hydrogens is 372 g/mol. The summed E-state index contributed by atoms with van der Waals surface area (Å²) in [5, 5.41) is 42.1. The first-order valence-corrected chi connectivity index (χ1v) is 8.65. The SMILES string of the molecule is COc1cc(C(=O)O)cc(OC)c1O[C@@H]1OC(C)(C)[C@](C)(O)[C@@](C)(O)[C@@]1(C)O. The van der Waals surface area contributed by atoms with Gasteiger partial charge in [0.05, 0.1) is 25.4 Å². The third-order valence-electron chi connectivity index (χ3n) is 5.90. The van der Waals surface area contributed by atoms with Gasteiger partial charge in [0.25, 0.3) is 0 Å². The highest BCUT2D eigenvalue weighted by Gasteiger charge is 2.69. The second-order valence-corrected chi connectivity index (χ2v) is 7.88. The lowest BCUT2D eigenvalue weighted by Gasteiger charge is -2.60. The average molecular weight is 400 g/mol. The summed E-state index contributed by atoms with van der Waals surface area (Å²) in [6, 6.07) is 2.47. The molecule has 0 aliphatic carbocycles. The minimum absolute atomic E-state index is 0.0200. The average Bonchev–Trinajstić information content (AvgIpc) is 2.59. The Bertz CT molecular complexity index is 740. The Morgan fingerprint density at radius 3 is 1.82 bits per heavy atom. The maximum absolute atomic E-state index is 11.3. The molecule has 0 spiro atoms. The molecule has 4 N–H and O–H groups in total. The zero-order valence-electron chi connectivity index (χ0n) is 17.1. The lowest BCUT2D eigenvalue weighted by molar-refractivity contribution is -0.396. The first-order chi connectivity index (χ1) is 12.6. The highest BCUT2D eigenvalue weighted by molar-refractivity contribution is 5.89. The van der Waals surface area contributed by atoms with Crippen molar-refractivity contribution in [3.8, 4) is 17.2 Å². The van der Waals surface area contributed by atoms with Crippen molar-refractivity contribution in [1.82, 2.24) is 0 Å². The predicted molar refractivity (Wildman–Crippen MR) is 98.0 cm³/mol. The molecule has 1 aliphatic rings. The van der Waals surface area contributed by atoms with Crippen LogP contribution in [0.15, 0.2) is 12.1 Å². The van der Waals surface area contributed by atoms with Crippen molar-refractivity contribution in [2.75, 3.05) is 14.2 Å². The Kier molecular flexibility index (Phi) is 5.37. The summed E-state index contributed by atoms with van der Waals surface area (Å²) in [5.41, 5.74) is -7.33. The van der Waals surface area contributed by atoms with Crippen molar-refractivity contribution in [2.24, 2.45) is 0 Å². The summed E-state index contributed by atoms with van der Waals surface area (Å²) in [5.74, 6) is -1.14. The van der Waals surface area contributed by atoms with Gasteiger partial charge >= 0.3 is 5.97 Å². The molecule has 0 amide bonds. The van der Waals surface area contributed by atoms with Crippen molar-refractivity contribution in [3.63, 3.8) is 0 Å². The molecule has 1 aromatic rings. The second kappa shape index (κ2) is 6.77. The highest BCUT2D eigenvalue weighted by atomic mass is 16.7. The van der Waals surface area contributed by atoms with Gasteiger partial charge in [-0.05, 0) is 46.8 Å². The molecule has 9 nitrogen and oxygen atoms in total. The van der Waals surface area contributed by atoms with Gasteiger partial charge in [0.15, 0.2) is 17.1 Å². The van der Waals surface area contributed by atoms with E-state index < -0.39 is 34.7 Å². The Morgan fingerprint density at radius 2 is 1.43 bits per heavy atom. The third-order valence-corrected chi connectivity index (χ3v) is 5.90. The molecular formula is C19H28O9. The summed E-state index contributed by atoms with van der Waals surface area (Å²) in [6.45, 7) is 7.02. The fourth-order valence-electron chi connectivity index (χ4n) is 3.17. The Balaban J connectivity index is 2.57. The molecule has 1 heterocycles. The van der Waals surface area contributed by atoms with Crippen LogP contribution < -0.4 is 14.2 Å². The molecule has 9 heteroatoms. The number of methoxy groups -OCH3 is 2. The summed E-state index contributed by atoms with van der Waals surface area (Å²) in [6.07, 6.45) is -1.45. The van der Waals surface area contributed by atoms with E-state index in [0.29, 0.717) is 0 Å². The predicted octanol–water partition coefficient (Wildman–Crippen LogP) is 1.17. The first-order valence-electron chi connectivity index (χ1n) is 8.65. The van der Waals surface area contributed by atoms with Crippen LogP contribution in [0.25, 0.3) is 0 Å². The molecule has 1 aromatic carbocycles. The molecule has 1 saturated heterocycles. The van der Waals surface area contributed by atoms with E-state index in [1.54, 1.807) is 13.8 Å². The van der Waals surface area contributed by atoms with Gasteiger partial charge in [0.2, 0.25) is 12.0 Å². The van der Waals surface area contributed by atoms with E-state index in [-0.39, 0.29) is 22.8 Å². The van der Waals surface area contributed by atoms with Gasteiger partial charge in [-0.1, -0.05) is 0 Å². The summed E-state index contributed by atoms with van der Waals surface area (Å²) in [7, 11) is 2.63. The summed E-state index contributed by atoms with van der Waals surface area (Å²) in [4.78, 5) is 11.3. The van der Waals surface area contributed by atoms with E-state index in [2.05, 4.69) is 0 Å². The van der Waals surface area contributed by atoms with E-state index in [9.17, 15) is 25.2 Å². The minimum Gasteiger partial charge on any atom is -0.493 e. The van der Waals surface area contributed by atoms with Crippen LogP contribution in [0.2, 0.25) is 0 Å². The summed E-state index contributed by atoms with van der Waals surface area (Å²) < 4.78 is 22.1. The Labute approximate surface area is 163 Å². The van der Waals surface area contributed by atoms with Gasteiger partial charge in [-0.2, -0.15) is 0 Å². The standard InChI is InChI=1S/C19H28O9/c1-16(2)18(4,23)19(5,24)17(3,22)15(28-16)27-13-11(25-6)8-10(14(20)21)9-12(13)26-7/h8-9,15,22-24H,1-7H3,(H,20,21)/t15-,17+,18+,19+/m1/s1. The topological polar surface area (TPSA) is 135 Å². The van der Waals surface area contributed by atoms with Crippen molar-refractivity contribution in [3.05, 3.63) is 17.7 Å². The molecule has 0 unspecified atom stereocenters. The van der Waals surface area contributed by atoms with Crippen molar-refractivity contribution < 1.29 is 44.2 Å². The molecule has 1 aliphatic heterocycles. The third kappa shape index (κ3) is 3.08. The van der Waals surface area contributed by atoms with Crippen LogP contribution in [0.4, 0.5) is 0 Å². The quantitative estimate of drug-likeness (QED) is 0.574. The van der Waals surface area contributed by atoms with Gasteiger partial charge in [0.1, 0.15) is 11.2 Å². The van der Waals surface area contributed by atoms with Gasteiger partial charge in [-0.3, -0.25) is 0 Å². The molecule has 1 fully saturated rings. The van der Waals surface area contributed by atoms with E-state index >= 15 is 0 Å². The number of carboxylic acid groups (broad SMARTS) is 1. The van der Waals surface area contributed by atoms with Crippen molar-refractivity contribution in [2.45, 2.75) is 63.3 Å². The van der Waals surface area contributed by atoms with Crippen LogP contribution >= 0.6 is 0 Å². The molecule has 2 rings (SSSR count). The van der Waals surface area contributed by atoms with E-state index in [0.717, 1.165) is 0 Å². The highest BCUT2D eigenvalue weighted by Crippen LogP contribution is 2.50. The number of aliphatic hydroxyl groups is 3. The van der Waals surface area contributed by atoms with Crippen LogP contribution in [0.5, 0.6) is 17.2 Å². The van der Waals surface area contributed by atoms with Gasteiger partial charge < -0.3 is 39.4 Å². The molecule has 0 radical (unpaired) electrons. The Hall–Kier alpha value is -2.07. The largest absolute Gasteiger partial charge is 0.493 e. The number of carbonyl (C=O) groups is 1. The second-order valence-electron chi connectivity index (χ2n) is 7.88. The van der Waals surface area contributed by atoms with Crippen LogP contribution in [0.3, 0.4) is 0 Å². The van der Waals surface area contributed by atoms with Crippen molar-refractivity contribution >= 4 is 5.97 Å². The fourth-order valence-corrected chi connectivity index (χ4v) is 3.17. The van der Waals surface area contributed by atoms with Gasteiger partial charge in [-0.25, -0.2) is 4.79 Å². The smallest absolute Gasteiger partial charge is 0.335 e. The van der Waals surface area contributed by atoms with E-state index in [1.807, 2.05) is 0 Å². The maximum Gasteiger partial charge on any atom is 0.335 e. The molecule has 28 heavy (non-hydrogen) atoms. The zero-order valence-corrected chi connectivity index (χ0v) is 17.1. The molecule has 0 saturated carbocycles. The Morgan fingerprint density at radius 1 is 0.964 bits per heavy atom. The first kappa shape index (κ1) is 22.2. The fraction of sp³-hybridized carbons (Fsp3) is 0.632. The van der Waals surface area contributed by atoms with Gasteiger partial charge in [0, 0.05) is 0 Å². The number of hydrogen-bond donors (Lipinski definition) is 4. The molecule has 158 valence electrons. The number of ether oxygens (including phenoxy) is 4. The minimum atomic E-state index is -2.06. The zero-order chi connectivity index (χ0) is 21.7. The molecule has 0 aromatic heterocycles. The normalized spacial score (nSPS) is 34.6. The van der Waals surface area contributed by atoms with E-state index in [1.165, 1.54) is 47.1 Å². The lowest BCUT2D eigenvalue weighted by Crippen LogP contribution is -2.80. The molecule has 4 atom stereocenters. The van der Waals surface area contributed by atoms with Crippen molar-refractivity contribution in [1.29, 1.82) is 0 Å². The van der Waals surface area contributed by atoms with Crippen LogP contribution in [-0.2, 0) is 4.74 Å². The number of carboxylic acids is 1. The number of hydrogen-bond acceptors (Lipinski definition) is 8.